The van der Waals surface area contributed by atoms with Gasteiger partial charge in [0.05, 0.1) is 10.7 Å². The lowest BCUT2D eigenvalue weighted by atomic mass is 10.2. The van der Waals surface area contributed by atoms with Crippen LogP contribution in [0.3, 0.4) is 0 Å². The molecule has 0 aliphatic heterocycles. The summed E-state index contributed by atoms with van der Waals surface area (Å²) < 4.78 is 19.2. The Kier molecular flexibility index (Phi) is 5.42. The molecule has 0 heterocycles. The molecule has 0 aliphatic rings. The van der Waals surface area contributed by atoms with Crippen LogP contribution in [0.25, 0.3) is 0 Å². The van der Waals surface area contributed by atoms with Crippen LogP contribution >= 0.6 is 11.6 Å². The number of hydrogen-bond donors (Lipinski definition) is 2. The van der Waals surface area contributed by atoms with Gasteiger partial charge in [-0.2, -0.15) is 0 Å². The van der Waals surface area contributed by atoms with Gasteiger partial charge in [-0.1, -0.05) is 35.9 Å². The molecule has 3 nitrogen and oxygen atoms in total. The molecular formula is C16H17ClFNO2. The molecule has 5 heteroatoms. The van der Waals surface area contributed by atoms with Crippen LogP contribution in [0.15, 0.2) is 42.5 Å². The molecule has 0 radical (unpaired) electrons. The molecule has 21 heavy (non-hydrogen) atoms. The number of halogens is 2. The quantitative estimate of drug-likeness (QED) is 0.856. The molecule has 1 unspecified atom stereocenters. The van der Waals surface area contributed by atoms with Crippen molar-refractivity contribution >= 4 is 17.3 Å². The zero-order valence-electron chi connectivity index (χ0n) is 11.6. The zero-order valence-corrected chi connectivity index (χ0v) is 12.4. The summed E-state index contributed by atoms with van der Waals surface area (Å²) in [5.41, 5.74) is 1.26. The van der Waals surface area contributed by atoms with Crippen molar-refractivity contribution in [2.75, 3.05) is 18.5 Å². The third-order valence-corrected chi connectivity index (χ3v) is 3.30. The maximum absolute atomic E-state index is 13.6. The van der Waals surface area contributed by atoms with E-state index in [1.165, 1.54) is 6.07 Å². The second-order valence-corrected chi connectivity index (χ2v) is 5.12. The number of rotatable bonds is 6. The first-order valence-electron chi connectivity index (χ1n) is 6.62. The number of aliphatic hydroxyl groups is 1. The molecule has 0 aromatic heterocycles. The van der Waals surface area contributed by atoms with E-state index in [0.717, 1.165) is 11.3 Å². The van der Waals surface area contributed by atoms with Gasteiger partial charge in [0.15, 0.2) is 5.82 Å². The van der Waals surface area contributed by atoms with E-state index < -0.39 is 11.9 Å². The fourth-order valence-corrected chi connectivity index (χ4v) is 2.01. The van der Waals surface area contributed by atoms with Crippen LogP contribution in [0.2, 0.25) is 5.02 Å². The summed E-state index contributed by atoms with van der Waals surface area (Å²) in [7, 11) is 0. The van der Waals surface area contributed by atoms with Gasteiger partial charge in [-0.3, -0.25) is 0 Å². The Balaban J connectivity index is 1.84. The molecule has 0 bridgehead atoms. The van der Waals surface area contributed by atoms with E-state index in [9.17, 15) is 9.50 Å². The Hall–Kier alpha value is -1.78. The van der Waals surface area contributed by atoms with Crippen LogP contribution in [0, 0.1) is 12.7 Å². The molecule has 0 saturated heterocycles. The van der Waals surface area contributed by atoms with Crippen LogP contribution in [-0.2, 0) is 0 Å². The van der Waals surface area contributed by atoms with Crippen molar-refractivity contribution in [1.29, 1.82) is 0 Å². The van der Waals surface area contributed by atoms with Crippen molar-refractivity contribution in [3.8, 4) is 5.75 Å². The molecular weight excluding hydrogens is 293 g/mol. The maximum Gasteiger partial charge on any atom is 0.164 e. The van der Waals surface area contributed by atoms with Crippen molar-refractivity contribution in [1.82, 2.24) is 0 Å². The lowest BCUT2D eigenvalue weighted by Crippen LogP contribution is -2.26. The van der Waals surface area contributed by atoms with Crippen LogP contribution in [-0.4, -0.2) is 24.4 Å². The number of aryl methyl sites for hydroxylation is 1. The minimum Gasteiger partial charge on any atom is -0.491 e. The summed E-state index contributed by atoms with van der Waals surface area (Å²) in [5, 5.41) is 12.7. The second-order valence-electron chi connectivity index (χ2n) is 4.71. The molecule has 0 spiro atoms. The molecule has 2 aromatic rings. The van der Waals surface area contributed by atoms with Crippen molar-refractivity contribution in [2.45, 2.75) is 13.0 Å². The van der Waals surface area contributed by atoms with Gasteiger partial charge in [0, 0.05) is 6.54 Å². The zero-order chi connectivity index (χ0) is 15.2. The van der Waals surface area contributed by atoms with Gasteiger partial charge < -0.3 is 15.2 Å². The first-order chi connectivity index (χ1) is 10.1. The molecule has 2 rings (SSSR count). The Labute approximate surface area is 128 Å². The van der Waals surface area contributed by atoms with Gasteiger partial charge >= 0.3 is 0 Å². The van der Waals surface area contributed by atoms with E-state index in [0.29, 0.717) is 0 Å². The van der Waals surface area contributed by atoms with Gasteiger partial charge in [-0.05, 0) is 30.7 Å². The van der Waals surface area contributed by atoms with Crippen molar-refractivity contribution in [3.05, 3.63) is 58.9 Å². The molecule has 0 fully saturated rings. The average Bonchev–Trinajstić information content (AvgIpc) is 2.48. The number of benzene rings is 2. The molecule has 0 amide bonds. The van der Waals surface area contributed by atoms with Crippen LogP contribution < -0.4 is 10.1 Å². The fourth-order valence-electron chi connectivity index (χ4n) is 1.83. The van der Waals surface area contributed by atoms with Crippen LogP contribution in [0.4, 0.5) is 10.1 Å². The first kappa shape index (κ1) is 15.6. The SMILES string of the molecule is Cc1ccccc1OCC(O)CNc1cccc(Cl)c1F. The predicted octanol–water partition coefficient (Wildman–Crippen LogP) is 3.64. The maximum atomic E-state index is 13.6. The Morgan fingerprint density at radius 3 is 2.76 bits per heavy atom. The molecule has 2 aromatic carbocycles. The Morgan fingerprint density at radius 2 is 2.00 bits per heavy atom. The van der Waals surface area contributed by atoms with Crippen LogP contribution in [0.5, 0.6) is 5.75 Å². The van der Waals surface area contributed by atoms with Gasteiger partial charge in [-0.25, -0.2) is 4.39 Å². The topological polar surface area (TPSA) is 41.5 Å². The fraction of sp³-hybridized carbons (Fsp3) is 0.250. The largest absolute Gasteiger partial charge is 0.491 e. The van der Waals surface area contributed by atoms with E-state index in [2.05, 4.69) is 5.32 Å². The summed E-state index contributed by atoms with van der Waals surface area (Å²) in [6.45, 7) is 2.23. The third kappa shape index (κ3) is 4.34. The highest BCUT2D eigenvalue weighted by Gasteiger charge is 2.10. The molecule has 112 valence electrons. The van der Waals surface area contributed by atoms with Crippen LogP contribution in [0.1, 0.15) is 5.56 Å². The highest BCUT2D eigenvalue weighted by Crippen LogP contribution is 2.22. The molecule has 2 N–H and O–H groups in total. The van der Waals surface area contributed by atoms with Gasteiger partial charge in [0.25, 0.3) is 0 Å². The summed E-state index contributed by atoms with van der Waals surface area (Å²) >= 11 is 5.69. The number of aliphatic hydroxyl groups excluding tert-OH is 1. The number of anilines is 1. The van der Waals surface area contributed by atoms with Gasteiger partial charge in [0.1, 0.15) is 18.5 Å². The average molecular weight is 310 g/mol. The number of hydrogen-bond acceptors (Lipinski definition) is 3. The smallest absolute Gasteiger partial charge is 0.164 e. The van der Waals surface area contributed by atoms with Crippen molar-refractivity contribution in [3.63, 3.8) is 0 Å². The normalized spacial score (nSPS) is 12.0. The molecule has 0 aliphatic carbocycles. The Morgan fingerprint density at radius 1 is 1.24 bits per heavy atom. The molecule has 0 saturated carbocycles. The minimum absolute atomic E-state index is 0.0469. The lowest BCUT2D eigenvalue weighted by molar-refractivity contribution is 0.117. The van der Waals surface area contributed by atoms with Crippen molar-refractivity contribution < 1.29 is 14.2 Å². The summed E-state index contributed by atoms with van der Waals surface area (Å²) in [6.07, 6.45) is -0.761. The summed E-state index contributed by atoms with van der Waals surface area (Å²) in [4.78, 5) is 0. The number of para-hydroxylation sites is 1. The highest BCUT2D eigenvalue weighted by atomic mass is 35.5. The Bertz CT molecular complexity index is 607. The first-order valence-corrected chi connectivity index (χ1v) is 7.00. The van der Waals surface area contributed by atoms with Gasteiger partial charge in [-0.15, -0.1) is 0 Å². The van der Waals surface area contributed by atoms with E-state index in [4.69, 9.17) is 16.3 Å². The predicted molar refractivity (Wildman–Crippen MR) is 82.6 cm³/mol. The summed E-state index contributed by atoms with van der Waals surface area (Å²) in [6, 6.07) is 12.2. The third-order valence-electron chi connectivity index (χ3n) is 3.00. The van der Waals surface area contributed by atoms with E-state index in [1.807, 2.05) is 31.2 Å². The standard InChI is InChI=1S/C16H17ClFNO2/c1-11-5-2-3-8-15(11)21-10-12(20)9-19-14-7-4-6-13(17)16(14)18/h2-8,12,19-20H,9-10H2,1H3. The highest BCUT2D eigenvalue weighted by molar-refractivity contribution is 6.31. The van der Waals surface area contributed by atoms with E-state index >= 15 is 0 Å². The van der Waals surface area contributed by atoms with E-state index in [1.54, 1.807) is 12.1 Å². The monoisotopic (exact) mass is 309 g/mol. The lowest BCUT2D eigenvalue weighted by Gasteiger charge is -2.15. The number of ether oxygens (including phenoxy) is 1. The molecule has 1 atom stereocenters. The second kappa shape index (κ2) is 7.29. The van der Waals surface area contributed by atoms with Gasteiger partial charge in [0.2, 0.25) is 0 Å². The van der Waals surface area contributed by atoms with Crippen molar-refractivity contribution in [2.24, 2.45) is 0 Å². The minimum atomic E-state index is -0.761. The number of nitrogens with one attached hydrogen (secondary N) is 1. The summed E-state index contributed by atoms with van der Waals surface area (Å²) in [5.74, 6) is 0.205. The van der Waals surface area contributed by atoms with E-state index in [-0.39, 0.29) is 23.9 Å².